The molecule has 1 N–H and O–H groups in total. The van der Waals surface area contributed by atoms with Crippen LogP contribution in [0.15, 0.2) is 42.6 Å². The molecule has 1 aromatic carbocycles. The van der Waals surface area contributed by atoms with Crippen molar-refractivity contribution in [3.05, 3.63) is 53.9 Å². The monoisotopic (exact) mass is 614 g/mol. The van der Waals surface area contributed by atoms with Gasteiger partial charge in [0.2, 0.25) is 5.75 Å². The quantitative estimate of drug-likeness (QED) is 0.307. The average molecular weight is 615 g/mol. The first kappa shape index (κ1) is 34.0. The molecule has 0 aliphatic carbocycles. The van der Waals surface area contributed by atoms with E-state index in [-0.39, 0.29) is 36.6 Å². The zero-order valence-electron chi connectivity index (χ0n) is 25.6. The maximum absolute atomic E-state index is 13.5. The Morgan fingerprint density at radius 1 is 1.05 bits per heavy atom. The second-order valence-corrected chi connectivity index (χ2v) is 11.1. The second kappa shape index (κ2) is 15.3. The lowest BCUT2D eigenvalue weighted by Gasteiger charge is -2.31. The topological polar surface area (TPSA) is 166 Å². The molecule has 0 radical (unpaired) electrons. The number of carbonyl (C=O) groups excluding carboxylic acids is 5. The van der Waals surface area contributed by atoms with Crippen LogP contribution in [0.5, 0.6) is 11.5 Å². The van der Waals surface area contributed by atoms with Crippen LogP contribution in [-0.2, 0) is 44.5 Å². The van der Waals surface area contributed by atoms with E-state index in [1.165, 1.54) is 33.4 Å². The summed E-state index contributed by atoms with van der Waals surface area (Å²) in [5, 5.41) is 2.44. The summed E-state index contributed by atoms with van der Waals surface area (Å²) in [7, 11) is 2.73. The number of rotatable bonds is 10. The van der Waals surface area contributed by atoms with Gasteiger partial charge in [-0.1, -0.05) is 30.3 Å². The van der Waals surface area contributed by atoms with Crippen LogP contribution in [0.1, 0.15) is 50.2 Å². The van der Waals surface area contributed by atoms with Crippen molar-refractivity contribution in [2.75, 3.05) is 27.4 Å². The van der Waals surface area contributed by atoms with Crippen LogP contribution in [0.3, 0.4) is 0 Å². The summed E-state index contributed by atoms with van der Waals surface area (Å²) in [5.74, 6) is -5.20. The summed E-state index contributed by atoms with van der Waals surface area (Å²) < 4.78 is 32.4. The van der Waals surface area contributed by atoms with E-state index in [1.807, 2.05) is 18.2 Å². The Morgan fingerprint density at radius 3 is 2.39 bits per heavy atom. The lowest BCUT2D eigenvalue weighted by atomic mass is 9.90. The molecule has 13 heteroatoms. The Hall–Kier alpha value is -4.52. The molecule has 0 spiro atoms. The average Bonchev–Trinajstić information content (AvgIpc) is 3.02. The Bertz CT molecular complexity index is 1340. The molecule has 0 bridgehead atoms. The Kier molecular flexibility index (Phi) is 11.8. The van der Waals surface area contributed by atoms with E-state index < -0.39 is 66.0 Å². The second-order valence-electron chi connectivity index (χ2n) is 11.1. The molecule has 2 heterocycles. The maximum Gasteiger partial charge on any atom is 0.332 e. The molecule has 2 aromatic rings. The fraction of sp³-hybridized carbons (Fsp3) is 0.484. The Labute approximate surface area is 255 Å². The number of cyclic esters (lactones) is 2. The van der Waals surface area contributed by atoms with Gasteiger partial charge in [-0.3, -0.25) is 19.2 Å². The van der Waals surface area contributed by atoms with Crippen LogP contribution in [0.2, 0.25) is 0 Å². The van der Waals surface area contributed by atoms with Crippen molar-refractivity contribution in [1.82, 2.24) is 10.3 Å². The van der Waals surface area contributed by atoms with Gasteiger partial charge in [-0.05, 0) is 39.7 Å². The Balaban J connectivity index is 1.89. The van der Waals surface area contributed by atoms with Crippen molar-refractivity contribution in [1.29, 1.82) is 0 Å². The van der Waals surface area contributed by atoms with Gasteiger partial charge in [0, 0.05) is 19.4 Å². The van der Waals surface area contributed by atoms with Crippen molar-refractivity contribution in [3.63, 3.8) is 0 Å². The van der Waals surface area contributed by atoms with Crippen LogP contribution < -0.4 is 14.8 Å². The van der Waals surface area contributed by atoms with Gasteiger partial charge < -0.3 is 33.7 Å². The van der Waals surface area contributed by atoms with Gasteiger partial charge in [0.1, 0.15) is 18.6 Å². The third-order valence-electron chi connectivity index (χ3n) is 6.63. The van der Waals surface area contributed by atoms with Gasteiger partial charge in [0.15, 0.2) is 23.6 Å². The number of pyridine rings is 1. The fourth-order valence-electron chi connectivity index (χ4n) is 4.21. The fourth-order valence-corrected chi connectivity index (χ4v) is 4.21. The van der Waals surface area contributed by atoms with Crippen LogP contribution in [-0.4, -0.2) is 80.5 Å². The van der Waals surface area contributed by atoms with Crippen molar-refractivity contribution < 1.29 is 52.4 Å². The summed E-state index contributed by atoms with van der Waals surface area (Å²) in [6, 6.07) is 8.95. The standard InChI is InChI=1S/C31H38N2O11/c1-18-25(44-30(38)31(2,3)4)20(16-19-10-8-7-9-11-19)28(36)41-17-21(29(37)42-18)33-27(35)24-26(22(40-6)12-14-32-24)43-23(34)13-15-39-5/h7-12,14,18,20-21,25H,13,15-17H2,1-6H3,(H,33,35)/t18-,20+,21?,25?/m0/s1. The number of benzene rings is 1. The molecule has 4 atom stereocenters. The number of ether oxygens (including phenoxy) is 6. The van der Waals surface area contributed by atoms with Crippen molar-refractivity contribution >= 4 is 29.8 Å². The van der Waals surface area contributed by atoms with E-state index in [0.717, 1.165) is 5.56 Å². The van der Waals surface area contributed by atoms with Gasteiger partial charge in [-0.25, -0.2) is 9.78 Å². The molecule has 0 saturated carbocycles. The summed E-state index contributed by atoms with van der Waals surface area (Å²) >= 11 is 0. The molecule has 238 valence electrons. The van der Waals surface area contributed by atoms with Gasteiger partial charge in [0.25, 0.3) is 5.91 Å². The van der Waals surface area contributed by atoms with Crippen molar-refractivity contribution in [3.8, 4) is 11.5 Å². The minimum absolute atomic E-state index is 0.0419. The molecule has 1 aliphatic heterocycles. The van der Waals surface area contributed by atoms with E-state index in [2.05, 4.69) is 10.3 Å². The number of amides is 1. The number of nitrogens with one attached hydrogen (secondary N) is 1. The van der Waals surface area contributed by atoms with Crippen LogP contribution in [0.25, 0.3) is 0 Å². The summed E-state index contributed by atoms with van der Waals surface area (Å²) in [6.45, 7) is 5.97. The molecule has 13 nitrogen and oxygen atoms in total. The van der Waals surface area contributed by atoms with Crippen molar-refractivity contribution in [2.24, 2.45) is 11.3 Å². The first-order valence-electron chi connectivity index (χ1n) is 14.0. The lowest BCUT2D eigenvalue weighted by Crippen LogP contribution is -2.47. The summed E-state index contributed by atoms with van der Waals surface area (Å²) in [4.78, 5) is 69.3. The van der Waals surface area contributed by atoms with E-state index >= 15 is 0 Å². The minimum Gasteiger partial charge on any atom is -0.493 e. The van der Waals surface area contributed by atoms with Crippen LogP contribution in [0.4, 0.5) is 0 Å². The number of carbonyl (C=O) groups is 5. The SMILES string of the molecule is COCCC(=O)Oc1c(OC)ccnc1C(=O)NC1COC(=O)[C@H](Cc2ccccc2)C(OC(=O)C(C)(C)C)[C@H](C)OC1=O. The molecule has 1 aliphatic rings. The highest BCUT2D eigenvalue weighted by molar-refractivity contribution is 5.99. The van der Waals surface area contributed by atoms with E-state index in [1.54, 1.807) is 32.9 Å². The molecule has 1 saturated heterocycles. The molecule has 2 unspecified atom stereocenters. The molecular weight excluding hydrogens is 576 g/mol. The third-order valence-corrected chi connectivity index (χ3v) is 6.63. The number of esters is 4. The first-order valence-corrected chi connectivity index (χ1v) is 14.0. The highest BCUT2D eigenvalue weighted by Gasteiger charge is 2.43. The van der Waals surface area contributed by atoms with Gasteiger partial charge >= 0.3 is 23.9 Å². The molecule has 44 heavy (non-hydrogen) atoms. The largest absolute Gasteiger partial charge is 0.493 e. The maximum atomic E-state index is 13.5. The number of hydrogen-bond acceptors (Lipinski definition) is 12. The van der Waals surface area contributed by atoms with Crippen LogP contribution in [0, 0.1) is 11.3 Å². The number of aromatic nitrogens is 1. The van der Waals surface area contributed by atoms with E-state index in [9.17, 15) is 24.0 Å². The zero-order chi connectivity index (χ0) is 32.4. The van der Waals surface area contributed by atoms with Gasteiger partial charge in [0.05, 0.1) is 25.6 Å². The smallest absolute Gasteiger partial charge is 0.332 e. The normalized spacial score (nSPS) is 20.6. The van der Waals surface area contributed by atoms with Crippen LogP contribution >= 0.6 is 0 Å². The number of methoxy groups -OCH3 is 2. The Morgan fingerprint density at radius 2 is 1.75 bits per heavy atom. The molecule has 1 amide bonds. The lowest BCUT2D eigenvalue weighted by molar-refractivity contribution is -0.180. The highest BCUT2D eigenvalue weighted by atomic mass is 16.6. The van der Waals surface area contributed by atoms with E-state index in [0.29, 0.717) is 0 Å². The number of nitrogens with zero attached hydrogens (tertiary/aromatic N) is 1. The zero-order valence-corrected chi connectivity index (χ0v) is 25.6. The minimum atomic E-state index is -1.48. The predicted molar refractivity (Wildman–Crippen MR) is 154 cm³/mol. The van der Waals surface area contributed by atoms with Gasteiger partial charge in [-0.15, -0.1) is 0 Å². The van der Waals surface area contributed by atoms with E-state index in [4.69, 9.17) is 28.4 Å². The molecule has 1 aromatic heterocycles. The number of hydrogen-bond donors (Lipinski definition) is 1. The highest BCUT2D eigenvalue weighted by Crippen LogP contribution is 2.31. The summed E-state index contributed by atoms with van der Waals surface area (Å²) in [5.41, 5.74) is -0.499. The first-order chi connectivity index (χ1) is 20.8. The molecular formula is C31H38N2O11. The summed E-state index contributed by atoms with van der Waals surface area (Å²) in [6.07, 6.45) is -1.01. The third kappa shape index (κ3) is 8.99. The molecule has 1 fully saturated rings. The molecule has 3 rings (SSSR count). The predicted octanol–water partition coefficient (Wildman–Crippen LogP) is 2.44. The van der Waals surface area contributed by atoms with Crippen molar-refractivity contribution in [2.45, 2.75) is 58.8 Å². The van der Waals surface area contributed by atoms with Gasteiger partial charge in [-0.2, -0.15) is 0 Å².